The molecule has 0 saturated carbocycles. The second-order valence-corrected chi connectivity index (χ2v) is 8.12. The van der Waals surface area contributed by atoms with E-state index in [0.29, 0.717) is 28.7 Å². The number of para-hydroxylation sites is 2. The SMILES string of the molecule is O=C1CC(NCCc2ccc(Cl)cc2)C(=O)N1c1ccc(-c2nc3ccccc3o2)cc1. The summed E-state index contributed by atoms with van der Waals surface area (Å²) in [4.78, 5) is 31.2. The molecule has 7 heteroatoms. The van der Waals surface area contributed by atoms with Crippen molar-refractivity contribution in [3.63, 3.8) is 0 Å². The van der Waals surface area contributed by atoms with E-state index in [-0.39, 0.29) is 18.2 Å². The first-order valence-electron chi connectivity index (χ1n) is 10.4. The van der Waals surface area contributed by atoms with Crippen molar-refractivity contribution in [1.29, 1.82) is 0 Å². The van der Waals surface area contributed by atoms with E-state index in [9.17, 15) is 9.59 Å². The molecule has 1 fully saturated rings. The van der Waals surface area contributed by atoms with Gasteiger partial charge in [0.15, 0.2) is 5.58 Å². The lowest BCUT2D eigenvalue weighted by atomic mass is 10.1. The van der Waals surface area contributed by atoms with E-state index in [0.717, 1.165) is 23.1 Å². The standard InChI is InChI=1S/C25H20ClN3O3/c26-18-9-5-16(6-10-18)13-14-27-21-15-23(30)29(25(21)31)19-11-7-17(8-12-19)24-28-20-3-1-2-4-22(20)32-24/h1-12,21,27H,13-15H2. The number of hydrogen-bond donors (Lipinski definition) is 1. The number of imide groups is 1. The van der Waals surface area contributed by atoms with Crippen LogP contribution in [-0.4, -0.2) is 29.4 Å². The first-order valence-corrected chi connectivity index (χ1v) is 10.8. The van der Waals surface area contributed by atoms with Gasteiger partial charge in [-0.3, -0.25) is 9.59 Å². The van der Waals surface area contributed by atoms with Crippen LogP contribution in [0.3, 0.4) is 0 Å². The summed E-state index contributed by atoms with van der Waals surface area (Å²) < 4.78 is 5.79. The lowest BCUT2D eigenvalue weighted by molar-refractivity contribution is -0.121. The van der Waals surface area contributed by atoms with E-state index < -0.39 is 6.04 Å². The molecule has 32 heavy (non-hydrogen) atoms. The molecule has 1 atom stereocenters. The van der Waals surface area contributed by atoms with Gasteiger partial charge in [-0.2, -0.15) is 0 Å². The van der Waals surface area contributed by atoms with Crippen molar-refractivity contribution in [3.8, 4) is 11.5 Å². The third-order valence-electron chi connectivity index (χ3n) is 5.53. The highest BCUT2D eigenvalue weighted by molar-refractivity contribution is 6.30. The van der Waals surface area contributed by atoms with Gasteiger partial charge in [-0.15, -0.1) is 0 Å². The van der Waals surface area contributed by atoms with Crippen LogP contribution in [-0.2, 0) is 16.0 Å². The Morgan fingerprint density at radius 1 is 1.00 bits per heavy atom. The van der Waals surface area contributed by atoms with Crippen molar-refractivity contribution in [3.05, 3.63) is 83.4 Å². The van der Waals surface area contributed by atoms with Crippen LogP contribution in [0.1, 0.15) is 12.0 Å². The van der Waals surface area contributed by atoms with Gasteiger partial charge in [-0.1, -0.05) is 35.9 Å². The number of nitrogens with one attached hydrogen (secondary N) is 1. The summed E-state index contributed by atoms with van der Waals surface area (Å²) in [5.74, 6) is 0.0490. The van der Waals surface area contributed by atoms with Crippen LogP contribution < -0.4 is 10.2 Å². The summed E-state index contributed by atoms with van der Waals surface area (Å²) in [5, 5.41) is 3.90. The van der Waals surface area contributed by atoms with Gasteiger partial charge in [-0.05, 0) is 67.1 Å². The molecule has 1 unspecified atom stereocenters. The van der Waals surface area contributed by atoms with Gasteiger partial charge in [0.05, 0.1) is 18.2 Å². The molecule has 3 aromatic carbocycles. The Balaban J connectivity index is 1.25. The Labute approximate surface area is 189 Å². The van der Waals surface area contributed by atoms with Crippen molar-refractivity contribution in [2.75, 3.05) is 11.4 Å². The number of rotatable bonds is 6. The smallest absolute Gasteiger partial charge is 0.251 e. The number of carbonyl (C=O) groups excluding carboxylic acids is 2. The summed E-state index contributed by atoms with van der Waals surface area (Å²) in [5.41, 5.74) is 3.93. The number of fused-ring (bicyclic) bond motifs is 1. The Morgan fingerprint density at radius 2 is 1.75 bits per heavy atom. The van der Waals surface area contributed by atoms with Gasteiger partial charge in [0.1, 0.15) is 5.52 Å². The predicted octanol–water partition coefficient (Wildman–Crippen LogP) is 4.61. The fraction of sp³-hybridized carbons (Fsp3) is 0.160. The van der Waals surface area contributed by atoms with E-state index in [1.807, 2.05) is 60.7 Å². The van der Waals surface area contributed by atoms with Crippen LogP contribution in [0, 0.1) is 0 Å². The summed E-state index contributed by atoms with van der Waals surface area (Å²) in [6.45, 7) is 0.593. The molecule has 1 aliphatic rings. The van der Waals surface area contributed by atoms with Crippen LogP contribution >= 0.6 is 11.6 Å². The molecule has 1 aromatic heterocycles. The average molecular weight is 446 g/mol. The second-order valence-electron chi connectivity index (χ2n) is 7.69. The zero-order valence-corrected chi connectivity index (χ0v) is 17.9. The number of nitrogens with zero attached hydrogens (tertiary/aromatic N) is 2. The molecule has 2 amide bonds. The second kappa shape index (κ2) is 8.57. The number of anilines is 1. The molecule has 1 N–H and O–H groups in total. The van der Waals surface area contributed by atoms with Gasteiger partial charge in [0.2, 0.25) is 11.8 Å². The zero-order valence-electron chi connectivity index (χ0n) is 17.1. The van der Waals surface area contributed by atoms with Crippen LogP contribution in [0.5, 0.6) is 0 Å². The maximum Gasteiger partial charge on any atom is 0.251 e. The zero-order chi connectivity index (χ0) is 22.1. The molecule has 0 spiro atoms. The Morgan fingerprint density at radius 3 is 2.50 bits per heavy atom. The van der Waals surface area contributed by atoms with Crippen molar-refractivity contribution >= 4 is 40.2 Å². The number of aromatic nitrogens is 1. The van der Waals surface area contributed by atoms with E-state index >= 15 is 0 Å². The van der Waals surface area contributed by atoms with E-state index in [4.69, 9.17) is 16.0 Å². The third-order valence-corrected chi connectivity index (χ3v) is 5.78. The van der Waals surface area contributed by atoms with Crippen LogP contribution in [0.4, 0.5) is 5.69 Å². The van der Waals surface area contributed by atoms with E-state index in [2.05, 4.69) is 10.3 Å². The third kappa shape index (κ3) is 4.02. The van der Waals surface area contributed by atoms with Gasteiger partial charge in [0, 0.05) is 10.6 Å². The first-order chi connectivity index (χ1) is 15.6. The topological polar surface area (TPSA) is 75.4 Å². The minimum absolute atomic E-state index is 0.145. The maximum absolute atomic E-state index is 12.9. The molecule has 0 radical (unpaired) electrons. The molecule has 0 bridgehead atoms. The number of amides is 2. The predicted molar refractivity (Wildman–Crippen MR) is 124 cm³/mol. The lowest BCUT2D eigenvalue weighted by Crippen LogP contribution is -2.39. The first kappa shape index (κ1) is 20.4. The Hall–Kier alpha value is -3.48. The average Bonchev–Trinajstić information content (AvgIpc) is 3.36. The lowest BCUT2D eigenvalue weighted by Gasteiger charge is -2.16. The molecule has 2 heterocycles. The maximum atomic E-state index is 12.9. The fourth-order valence-corrected chi connectivity index (χ4v) is 3.98. The highest BCUT2D eigenvalue weighted by Gasteiger charge is 2.39. The number of halogens is 1. The normalized spacial score (nSPS) is 16.3. The van der Waals surface area contributed by atoms with Crippen molar-refractivity contribution in [2.45, 2.75) is 18.9 Å². The van der Waals surface area contributed by atoms with Crippen LogP contribution in [0.15, 0.2) is 77.2 Å². The largest absolute Gasteiger partial charge is 0.436 e. The van der Waals surface area contributed by atoms with Crippen molar-refractivity contribution < 1.29 is 14.0 Å². The van der Waals surface area contributed by atoms with Crippen molar-refractivity contribution in [1.82, 2.24) is 10.3 Å². The molecule has 160 valence electrons. The molecular formula is C25H20ClN3O3. The minimum atomic E-state index is -0.522. The molecule has 6 nitrogen and oxygen atoms in total. The highest BCUT2D eigenvalue weighted by Crippen LogP contribution is 2.28. The molecule has 5 rings (SSSR count). The number of benzene rings is 3. The van der Waals surface area contributed by atoms with E-state index in [1.54, 1.807) is 12.1 Å². The summed E-state index contributed by atoms with van der Waals surface area (Å²) >= 11 is 5.91. The molecule has 0 aliphatic carbocycles. The Kier molecular flexibility index (Phi) is 5.47. The fourth-order valence-electron chi connectivity index (χ4n) is 3.85. The molecule has 1 aliphatic heterocycles. The number of hydrogen-bond acceptors (Lipinski definition) is 5. The van der Waals surface area contributed by atoms with Gasteiger partial charge in [-0.25, -0.2) is 9.88 Å². The van der Waals surface area contributed by atoms with Gasteiger partial charge in [0.25, 0.3) is 5.91 Å². The summed E-state index contributed by atoms with van der Waals surface area (Å²) in [6.07, 6.45) is 0.890. The number of carbonyl (C=O) groups is 2. The quantitative estimate of drug-likeness (QED) is 0.438. The van der Waals surface area contributed by atoms with Crippen LogP contribution in [0.2, 0.25) is 5.02 Å². The van der Waals surface area contributed by atoms with Gasteiger partial charge >= 0.3 is 0 Å². The van der Waals surface area contributed by atoms with Gasteiger partial charge < -0.3 is 9.73 Å². The van der Waals surface area contributed by atoms with E-state index in [1.165, 1.54) is 4.90 Å². The molecule has 1 saturated heterocycles. The monoisotopic (exact) mass is 445 g/mol. The minimum Gasteiger partial charge on any atom is -0.436 e. The summed E-state index contributed by atoms with van der Waals surface area (Å²) in [6, 6.07) is 21.7. The molecule has 4 aromatic rings. The Bertz CT molecular complexity index is 1250. The summed E-state index contributed by atoms with van der Waals surface area (Å²) in [7, 11) is 0. The molecular weight excluding hydrogens is 426 g/mol. The van der Waals surface area contributed by atoms with Crippen molar-refractivity contribution in [2.24, 2.45) is 0 Å². The van der Waals surface area contributed by atoms with Crippen LogP contribution in [0.25, 0.3) is 22.6 Å². The highest BCUT2D eigenvalue weighted by atomic mass is 35.5. The number of oxazole rings is 1.